The summed E-state index contributed by atoms with van der Waals surface area (Å²) in [5, 5.41) is 3.17. The third-order valence-electron chi connectivity index (χ3n) is 2.41. The number of allylic oxidation sites excluding steroid dienone is 1. The quantitative estimate of drug-likeness (QED) is 0.428. The molecule has 0 aliphatic heterocycles. The van der Waals surface area contributed by atoms with Crippen molar-refractivity contribution in [2.45, 2.75) is 32.1 Å². The Labute approximate surface area is 89.4 Å². The van der Waals surface area contributed by atoms with Crippen LogP contribution in [0.4, 0.5) is 0 Å². The Hall–Kier alpha value is -0.340. The van der Waals surface area contributed by atoms with Gasteiger partial charge in [-0.2, -0.15) is 0 Å². The van der Waals surface area contributed by atoms with Crippen molar-refractivity contribution in [2.75, 3.05) is 33.7 Å². The minimum atomic E-state index is 1.13. The van der Waals surface area contributed by atoms with Crippen LogP contribution in [0.25, 0.3) is 0 Å². The van der Waals surface area contributed by atoms with E-state index in [0.717, 1.165) is 6.54 Å². The van der Waals surface area contributed by atoms with Crippen LogP contribution in [0.1, 0.15) is 32.1 Å². The lowest BCUT2D eigenvalue weighted by molar-refractivity contribution is 0.319. The van der Waals surface area contributed by atoms with Crippen LogP contribution >= 0.6 is 0 Å². The first kappa shape index (κ1) is 13.7. The average molecular weight is 198 g/mol. The molecule has 84 valence electrons. The predicted octanol–water partition coefficient (Wildman–Crippen LogP) is 2.27. The van der Waals surface area contributed by atoms with Gasteiger partial charge in [0.25, 0.3) is 0 Å². The Morgan fingerprint density at radius 2 is 1.86 bits per heavy atom. The number of unbranched alkanes of at least 4 members (excludes halogenated alkanes) is 3. The van der Waals surface area contributed by atoms with Crippen LogP contribution in [-0.4, -0.2) is 38.6 Å². The minimum absolute atomic E-state index is 1.13. The van der Waals surface area contributed by atoms with E-state index in [-0.39, 0.29) is 0 Å². The molecule has 0 amide bonds. The summed E-state index contributed by atoms with van der Waals surface area (Å²) in [7, 11) is 4.22. The lowest BCUT2D eigenvalue weighted by atomic mass is 10.2. The van der Waals surface area contributed by atoms with Crippen molar-refractivity contribution in [1.82, 2.24) is 10.2 Å². The van der Waals surface area contributed by atoms with Crippen LogP contribution in [0, 0.1) is 0 Å². The first-order valence-electron chi connectivity index (χ1n) is 5.75. The molecule has 2 heteroatoms. The molecule has 0 atom stereocenters. The smallest absolute Gasteiger partial charge is 0.000969 e. The van der Waals surface area contributed by atoms with Crippen molar-refractivity contribution in [3.63, 3.8) is 0 Å². The fourth-order valence-corrected chi connectivity index (χ4v) is 1.48. The van der Waals surface area contributed by atoms with Gasteiger partial charge in [0, 0.05) is 0 Å². The second-order valence-corrected chi connectivity index (χ2v) is 3.90. The fourth-order valence-electron chi connectivity index (χ4n) is 1.48. The van der Waals surface area contributed by atoms with Gasteiger partial charge in [-0.25, -0.2) is 0 Å². The monoisotopic (exact) mass is 198 g/mol. The third-order valence-corrected chi connectivity index (χ3v) is 2.41. The number of hydrogen-bond donors (Lipinski definition) is 1. The highest BCUT2D eigenvalue weighted by molar-refractivity contribution is 4.65. The molecule has 0 radical (unpaired) electrons. The molecule has 0 aromatic carbocycles. The molecule has 0 saturated heterocycles. The molecule has 0 aromatic heterocycles. The molecule has 0 aliphatic rings. The molecule has 0 aromatic rings. The first-order chi connectivity index (χ1) is 6.81. The maximum absolute atomic E-state index is 3.73. The molecular formula is C12H26N2. The maximum atomic E-state index is 3.73. The molecule has 0 unspecified atom stereocenters. The molecular weight excluding hydrogens is 172 g/mol. The van der Waals surface area contributed by atoms with E-state index in [1.165, 1.54) is 45.2 Å². The number of rotatable bonds is 10. The molecule has 14 heavy (non-hydrogen) atoms. The number of hydrogen-bond acceptors (Lipinski definition) is 2. The molecule has 0 aliphatic carbocycles. The van der Waals surface area contributed by atoms with Crippen molar-refractivity contribution < 1.29 is 0 Å². The topological polar surface area (TPSA) is 15.3 Å². The van der Waals surface area contributed by atoms with Gasteiger partial charge in [-0.3, -0.25) is 0 Å². The van der Waals surface area contributed by atoms with Crippen LogP contribution in [-0.2, 0) is 0 Å². The summed E-state index contributed by atoms with van der Waals surface area (Å²) in [5.74, 6) is 0. The zero-order valence-electron chi connectivity index (χ0n) is 9.89. The second-order valence-electron chi connectivity index (χ2n) is 3.90. The average Bonchev–Trinajstić information content (AvgIpc) is 2.18. The lowest BCUT2D eigenvalue weighted by Gasteiger charge is -2.15. The van der Waals surface area contributed by atoms with E-state index in [9.17, 15) is 0 Å². The normalized spacial score (nSPS) is 10.8. The van der Waals surface area contributed by atoms with Gasteiger partial charge < -0.3 is 10.2 Å². The van der Waals surface area contributed by atoms with E-state index in [0.29, 0.717) is 0 Å². The molecule has 0 heterocycles. The van der Waals surface area contributed by atoms with E-state index in [4.69, 9.17) is 0 Å². The molecule has 0 saturated carbocycles. The van der Waals surface area contributed by atoms with Gasteiger partial charge in [0.05, 0.1) is 0 Å². The van der Waals surface area contributed by atoms with Gasteiger partial charge in [0.2, 0.25) is 0 Å². The highest BCUT2D eigenvalue weighted by Gasteiger charge is 1.96. The summed E-state index contributed by atoms with van der Waals surface area (Å²) >= 11 is 0. The van der Waals surface area contributed by atoms with Gasteiger partial charge in [0.15, 0.2) is 0 Å². The summed E-state index contributed by atoms with van der Waals surface area (Å²) < 4.78 is 0. The zero-order chi connectivity index (χ0) is 10.6. The summed E-state index contributed by atoms with van der Waals surface area (Å²) in [6, 6.07) is 0. The van der Waals surface area contributed by atoms with Crippen molar-refractivity contribution in [1.29, 1.82) is 0 Å². The van der Waals surface area contributed by atoms with Gasteiger partial charge in [-0.1, -0.05) is 12.5 Å². The van der Waals surface area contributed by atoms with Gasteiger partial charge in [-0.05, 0) is 59.4 Å². The lowest BCUT2D eigenvalue weighted by Crippen LogP contribution is -2.23. The van der Waals surface area contributed by atoms with Gasteiger partial charge >= 0.3 is 0 Å². The first-order valence-corrected chi connectivity index (χ1v) is 5.75. The molecule has 2 nitrogen and oxygen atoms in total. The van der Waals surface area contributed by atoms with Crippen LogP contribution in [0.15, 0.2) is 12.7 Å². The molecule has 1 N–H and O–H groups in total. The van der Waals surface area contributed by atoms with E-state index in [2.05, 4.69) is 23.8 Å². The Kier molecular flexibility index (Phi) is 10.5. The molecule has 0 rings (SSSR count). The molecule has 0 fully saturated rings. The van der Waals surface area contributed by atoms with Gasteiger partial charge in [-0.15, -0.1) is 6.58 Å². The summed E-state index contributed by atoms with van der Waals surface area (Å²) in [5.41, 5.74) is 0. The number of nitrogens with zero attached hydrogens (tertiary/aromatic N) is 1. The van der Waals surface area contributed by atoms with E-state index < -0.39 is 0 Å². The van der Waals surface area contributed by atoms with Crippen LogP contribution in [0.3, 0.4) is 0 Å². The van der Waals surface area contributed by atoms with E-state index >= 15 is 0 Å². The van der Waals surface area contributed by atoms with E-state index in [1.54, 1.807) is 0 Å². The van der Waals surface area contributed by atoms with Crippen molar-refractivity contribution in [2.24, 2.45) is 0 Å². The minimum Gasteiger partial charge on any atom is -0.320 e. The van der Waals surface area contributed by atoms with E-state index in [1.807, 2.05) is 13.1 Å². The zero-order valence-corrected chi connectivity index (χ0v) is 9.89. The Morgan fingerprint density at radius 1 is 1.14 bits per heavy atom. The Bertz CT molecular complexity index is 123. The largest absolute Gasteiger partial charge is 0.320 e. The Morgan fingerprint density at radius 3 is 2.50 bits per heavy atom. The Balaban J connectivity index is 3.09. The third kappa shape index (κ3) is 9.75. The highest BCUT2D eigenvalue weighted by atomic mass is 15.1. The highest BCUT2D eigenvalue weighted by Crippen LogP contribution is 2.01. The van der Waals surface area contributed by atoms with Crippen molar-refractivity contribution in [3.8, 4) is 0 Å². The van der Waals surface area contributed by atoms with Crippen LogP contribution in [0.5, 0.6) is 0 Å². The summed E-state index contributed by atoms with van der Waals surface area (Å²) in [6.07, 6.45) is 8.39. The van der Waals surface area contributed by atoms with Crippen LogP contribution < -0.4 is 5.32 Å². The SMILES string of the molecule is C=CCCCCCN(C)CCCNC. The second kappa shape index (κ2) is 10.7. The molecule has 0 bridgehead atoms. The summed E-state index contributed by atoms with van der Waals surface area (Å²) in [6.45, 7) is 7.30. The molecule has 0 spiro atoms. The predicted molar refractivity (Wildman–Crippen MR) is 64.7 cm³/mol. The standard InChI is InChI=1S/C12H26N2/c1-4-5-6-7-8-11-14(3)12-9-10-13-2/h4,13H,1,5-12H2,2-3H3. The fraction of sp³-hybridized carbons (Fsp3) is 0.833. The van der Waals surface area contributed by atoms with Gasteiger partial charge in [0.1, 0.15) is 0 Å². The number of nitrogens with one attached hydrogen (secondary N) is 1. The van der Waals surface area contributed by atoms with Crippen molar-refractivity contribution >= 4 is 0 Å². The van der Waals surface area contributed by atoms with Crippen LogP contribution in [0.2, 0.25) is 0 Å². The maximum Gasteiger partial charge on any atom is -0.000969 e. The van der Waals surface area contributed by atoms with Crippen molar-refractivity contribution in [3.05, 3.63) is 12.7 Å². The summed E-state index contributed by atoms with van der Waals surface area (Å²) in [4.78, 5) is 2.42.